The number of nitrogens with one attached hydrogen (secondary N) is 1. The van der Waals surface area contributed by atoms with E-state index < -0.39 is 0 Å². The highest BCUT2D eigenvalue weighted by atomic mass is 16.3. The van der Waals surface area contributed by atoms with Crippen LogP contribution in [0.1, 0.15) is 5.69 Å². The molecule has 0 radical (unpaired) electrons. The van der Waals surface area contributed by atoms with Gasteiger partial charge in [-0.15, -0.1) is 5.10 Å². The Labute approximate surface area is 114 Å². The molecular formula is C12H24N6O. The average molecular weight is 268 g/mol. The molecule has 108 valence electrons. The first-order valence-electron chi connectivity index (χ1n) is 6.89. The number of rotatable bonds is 7. The molecule has 2 heterocycles. The van der Waals surface area contributed by atoms with Crippen LogP contribution in [-0.2, 0) is 13.1 Å². The molecule has 2 N–H and O–H groups in total. The summed E-state index contributed by atoms with van der Waals surface area (Å²) >= 11 is 0. The molecule has 0 bridgehead atoms. The van der Waals surface area contributed by atoms with Gasteiger partial charge in [0.1, 0.15) is 0 Å². The van der Waals surface area contributed by atoms with Gasteiger partial charge in [-0.25, -0.2) is 4.68 Å². The molecule has 0 spiro atoms. The fourth-order valence-corrected chi connectivity index (χ4v) is 2.16. The van der Waals surface area contributed by atoms with Crippen molar-refractivity contribution >= 4 is 0 Å². The van der Waals surface area contributed by atoms with Crippen molar-refractivity contribution in [2.24, 2.45) is 0 Å². The normalized spacial score (nSPS) is 18.0. The number of aliphatic hydroxyl groups is 1. The molecule has 1 saturated heterocycles. The molecule has 0 unspecified atom stereocenters. The Morgan fingerprint density at radius 2 is 2.05 bits per heavy atom. The SMILES string of the molecule is CN1CCN(CCNCc2cn(CCO)nn2)CC1. The molecule has 0 atom stereocenters. The van der Waals surface area contributed by atoms with Gasteiger partial charge < -0.3 is 15.3 Å². The van der Waals surface area contributed by atoms with Crippen LogP contribution in [0.15, 0.2) is 6.20 Å². The van der Waals surface area contributed by atoms with Crippen molar-refractivity contribution in [3.8, 4) is 0 Å². The van der Waals surface area contributed by atoms with Crippen molar-refractivity contribution in [2.45, 2.75) is 13.1 Å². The molecule has 0 saturated carbocycles. The van der Waals surface area contributed by atoms with Gasteiger partial charge in [0.15, 0.2) is 0 Å². The molecule has 0 amide bonds. The Bertz CT molecular complexity index is 361. The van der Waals surface area contributed by atoms with Crippen molar-refractivity contribution in [3.05, 3.63) is 11.9 Å². The minimum Gasteiger partial charge on any atom is -0.394 e. The lowest BCUT2D eigenvalue weighted by molar-refractivity contribution is 0.154. The topological polar surface area (TPSA) is 69.5 Å². The molecule has 1 aliphatic heterocycles. The van der Waals surface area contributed by atoms with Gasteiger partial charge in [-0.3, -0.25) is 4.90 Å². The first-order valence-corrected chi connectivity index (χ1v) is 6.89. The van der Waals surface area contributed by atoms with Crippen LogP contribution in [0.25, 0.3) is 0 Å². The van der Waals surface area contributed by atoms with Gasteiger partial charge in [0.25, 0.3) is 0 Å². The zero-order valence-electron chi connectivity index (χ0n) is 11.6. The molecule has 1 aromatic rings. The zero-order chi connectivity index (χ0) is 13.5. The van der Waals surface area contributed by atoms with Crippen LogP contribution in [0.2, 0.25) is 0 Å². The van der Waals surface area contributed by atoms with Gasteiger partial charge in [0, 0.05) is 52.0 Å². The van der Waals surface area contributed by atoms with E-state index in [0.717, 1.165) is 51.5 Å². The molecule has 7 nitrogen and oxygen atoms in total. The van der Waals surface area contributed by atoms with E-state index in [1.54, 1.807) is 4.68 Å². The van der Waals surface area contributed by atoms with E-state index in [2.05, 4.69) is 32.5 Å². The van der Waals surface area contributed by atoms with Crippen LogP contribution in [0.5, 0.6) is 0 Å². The van der Waals surface area contributed by atoms with E-state index in [0.29, 0.717) is 6.54 Å². The third-order valence-electron chi connectivity index (χ3n) is 3.42. The molecule has 1 fully saturated rings. The van der Waals surface area contributed by atoms with Gasteiger partial charge in [0.05, 0.1) is 18.8 Å². The van der Waals surface area contributed by atoms with Crippen molar-refractivity contribution in [1.29, 1.82) is 0 Å². The highest BCUT2D eigenvalue weighted by Gasteiger charge is 2.12. The van der Waals surface area contributed by atoms with E-state index in [-0.39, 0.29) is 6.61 Å². The number of aromatic nitrogens is 3. The largest absolute Gasteiger partial charge is 0.394 e. The lowest BCUT2D eigenvalue weighted by Crippen LogP contribution is -2.46. The summed E-state index contributed by atoms with van der Waals surface area (Å²) in [6.45, 7) is 8.03. The minimum atomic E-state index is 0.0969. The summed E-state index contributed by atoms with van der Waals surface area (Å²) in [6.07, 6.45) is 1.87. The number of hydrogen-bond acceptors (Lipinski definition) is 6. The molecule has 2 rings (SSSR count). The summed E-state index contributed by atoms with van der Waals surface area (Å²) in [5, 5.41) is 20.2. The maximum atomic E-state index is 8.79. The van der Waals surface area contributed by atoms with Crippen molar-refractivity contribution in [3.63, 3.8) is 0 Å². The molecule has 0 aliphatic carbocycles. The second kappa shape index (κ2) is 7.54. The summed E-state index contributed by atoms with van der Waals surface area (Å²) in [4.78, 5) is 4.85. The van der Waals surface area contributed by atoms with E-state index >= 15 is 0 Å². The number of piperazine rings is 1. The quantitative estimate of drug-likeness (QED) is 0.593. The Morgan fingerprint density at radius 3 is 2.79 bits per heavy atom. The standard InChI is InChI=1S/C12H24N6O/c1-16-4-6-17(7-5-16)3-2-13-10-12-11-18(8-9-19)15-14-12/h11,13,19H,2-10H2,1H3. The third-order valence-corrected chi connectivity index (χ3v) is 3.42. The number of hydrogen-bond donors (Lipinski definition) is 2. The summed E-state index contributed by atoms with van der Waals surface area (Å²) in [5.74, 6) is 0. The highest BCUT2D eigenvalue weighted by Crippen LogP contribution is 1.98. The lowest BCUT2D eigenvalue weighted by atomic mass is 10.3. The highest BCUT2D eigenvalue weighted by molar-refractivity contribution is 4.91. The second-order valence-corrected chi connectivity index (χ2v) is 5.02. The number of likely N-dealkylation sites (N-methyl/N-ethyl adjacent to an activating group) is 1. The molecule has 1 aromatic heterocycles. The predicted octanol–water partition coefficient (Wildman–Crippen LogP) is -1.39. The van der Waals surface area contributed by atoms with Gasteiger partial charge >= 0.3 is 0 Å². The van der Waals surface area contributed by atoms with E-state index in [9.17, 15) is 0 Å². The molecular weight excluding hydrogens is 244 g/mol. The van der Waals surface area contributed by atoms with Crippen LogP contribution in [-0.4, -0.2) is 82.8 Å². The van der Waals surface area contributed by atoms with E-state index in [1.807, 2.05) is 6.20 Å². The maximum absolute atomic E-state index is 8.79. The first kappa shape index (κ1) is 14.4. The van der Waals surface area contributed by atoms with Gasteiger partial charge in [-0.2, -0.15) is 0 Å². The van der Waals surface area contributed by atoms with Crippen LogP contribution in [0, 0.1) is 0 Å². The Kier molecular flexibility index (Phi) is 5.71. The van der Waals surface area contributed by atoms with Crippen LogP contribution in [0.4, 0.5) is 0 Å². The number of aliphatic hydroxyl groups excluding tert-OH is 1. The summed E-state index contributed by atoms with van der Waals surface area (Å²) < 4.78 is 1.66. The zero-order valence-corrected chi connectivity index (χ0v) is 11.6. The summed E-state index contributed by atoms with van der Waals surface area (Å²) in [7, 11) is 2.17. The summed E-state index contributed by atoms with van der Waals surface area (Å²) in [5.41, 5.74) is 0.923. The Balaban J connectivity index is 1.58. The first-order chi connectivity index (χ1) is 9.28. The fraction of sp³-hybridized carbons (Fsp3) is 0.833. The third kappa shape index (κ3) is 4.87. The van der Waals surface area contributed by atoms with Gasteiger partial charge in [-0.05, 0) is 7.05 Å². The van der Waals surface area contributed by atoms with Crippen molar-refractivity contribution < 1.29 is 5.11 Å². The number of nitrogens with zero attached hydrogens (tertiary/aromatic N) is 5. The van der Waals surface area contributed by atoms with E-state index in [1.165, 1.54) is 0 Å². The van der Waals surface area contributed by atoms with Gasteiger partial charge in [-0.1, -0.05) is 5.21 Å². The van der Waals surface area contributed by atoms with Crippen LogP contribution < -0.4 is 5.32 Å². The maximum Gasteiger partial charge on any atom is 0.0964 e. The van der Waals surface area contributed by atoms with Gasteiger partial charge in [0.2, 0.25) is 0 Å². The Hall–Kier alpha value is -1.02. The second-order valence-electron chi connectivity index (χ2n) is 5.02. The van der Waals surface area contributed by atoms with E-state index in [4.69, 9.17) is 5.11 Å². The Morgan fingerprint density at radius 1 is 1.26 bits per heavy atom. The van der Waals surface area contributed by atoms with Crippen molar-refractivity contribution in [2.75, 3.05) is 52.9 Å². The lowest BCUT2D eigenvalue weighted by Gasteiger charge is -2.32. The van der Waals surface area contributed by atoms with Crippen molar-refractivity contribution in [1.82, 2.24) is 30.1 Å². The monoisotopic (exact) mass is 268 g/mol. The van der Waals surface area contributed by atoms with Crippen LogP contribution in [0.3, 0.4) is 0 Å². The fourth-order valence-electron chi connectivity index (χ4n) is 2.16. The smallest absolute Gasteiger partial charge is 0.0964 e. The van der Waals surface area contributed by atoms with Crippen LogP contribution >= 0.6 is 0 Å². The minimum absolute atomic E-state index is 0.0969. The molecule has 1 aliphatic rings. The summed E-state index contributed by atoms with van der Waals surface area (Å²) in [6, 6.07) is 0. The molecule has 19 heavy (non-hydrogen) atoms. The predicted molar refractivity (Wildman–Crippen MR) is 72.8 cm³/mol. The molecule has 0 aromatic carbocycles. The molecule has 7 heteroatoms. The average Bonchev–Trinajstić information content (AvgIpc) is 2.85.